The predicted octanol–water partition coefficient (Wildman–Crippen LogP) is 0.473. The number of aryl methyl sites for hydroxylation is 1. The maximum Gasteiger partial charge on any atom is 0.275 e. The molecule has 0 unspecified atom stereocenters. The molecule has 0 aliphatic rings. The molecule has 7 heteroatoms. The van der Waals surface area contributed by atoms with Crippen molar-refractivity contribution < 1.29 is 9.90 Å². The summed E-state index contributed by atoms with van der Waals surface area (Å²) in [6.45, 7) is -0.200. The van der Waals surface area contributed by atoms with Gasteiger partial charge in [0.15, 0.2) is 5.13 Å². The van der Waals surface area contributed by atoms with Gasteiger partial charge in [-0.05, 0) is 0 Å². The molecule has 0 bridgehead atoms. The fraction of sp³-hybridized carbons (Fsp3) is 0.182. The Bertz CT molecular complexity index is 620. The molecule has 92 valence electrons. The molecule has 0 saturated heterocycles. The Morgan fingerprint density at radius 2 is 2.44 bits per heavy atom. The molecular formula is C11H10N4O2S. The van der Waals surface area contributed by atoms with E-state index in [9.17, 15) is 4.79 Å². The first-order valence-electron chi connectivity index (χ1n) is 5.04. The van der Waals surface area contributed by atoms with E-state index in [1.165, 1.54) is 17.5 Å². The van der Waals surface area contributed by atoms with Crippen LogP contribution in [0.5, 0.6) is 0 Å². The van der Waals surface area contributed by atoms with Crippen molar-refractivity contribution >= 4 is 22.4 Å². The van der Waals surface area contributed by atoms with Crippen LogP contribution < -0.4 is 5.32 Å². The van der Waals surface area contributed by atoms with Gasteiger partial charge in [0, 0.05) is 7.05 Å². The van der Waals surface area contributed by atoms with Crippen LogP contribution in [0.15, 0.2) is 18.7 Å². The number of aliphatic hydroxyl groups is 1. The van der Waals surface area contributed by atoms with Crippen molar-refractivity contribution in [2.45, 2.75) is 0 Å². The minimum absolute atomic E-state index is 0.200. The lowest BCUT2D eigenvalue weighted by molar-refractivity contribution is 0.101. The Labute approximate surface area is 107 Å². The van der Waals surface area contributed by atoms with E-state index in [-0.39, 0.29) is 12.5 Å². The minimum atomic E-state index is -0.272. The monoisotopic (exact) mass is 262 g/mol. The Hall–Kier alpha value is -2.17. The van der Waals surface area contributed by atoms with Crippen LogP contribution in [0.4, 0.5) is 5.13 Å². The fourth-order valence-electron chi connectivity index (χ4n) is 1.25. The van der Waals surface area contributed by atoms with Crippen LogP contribution >= 0.6 is 11.3 Å². The van der Waals surface area contributed by atoms with E-state index in [0.29, 0.717) is 15.7 Å². The van der Waals surface area contributed by atoms with Gasteiger partial charge in [-0.2, -0.15) is 0 Å². The number of thiazole rings is 1. The third-order valence-electron chi connectivity index (χ3n) is 2.07. The molecule has 0 spiro atoms. The summed E-state index contributed by atoms with van der Waals surface area (Å²) in [5.41, 5.74) is 0.452. The molecule has 2 rings (SSSR count). The molecule has 6 nitrogen and oxygen atoms in total. The number of anilines is 1. The van der Waals surface area contributed by atoms with E-state index in [2.05, 4.69) is 27.1 Å². The lowest BCUT2D eigenvalue weighted by Gasteiger charge is -2.00. The largest absolute Gasteiger partial charge is 0.384 e. The molecule has 0 aliphatic carbocycles. The molecular weight excluding hydrogens is 252 g/mol. The summed E-state index contributed by atoms with van der Waals surface area (Å²) in [4.78, 5) is 20.4. The van der Waals surface area contributed by atoms with Crippen molar-refractivity contribution in [1.82, 2.24) is 14.5 Å². The standard InChI is InChI=1S/C11H10N4O2S/c1-15-7-12-6-9(15)10(17)14-11-13-5-8(18-11)3-2-4-16/h5-7,16H,4H2,1H3,(H,13,14,17). The summed E-state index contributed by atoms with van der Waals surface area (Å²) < 4.78 is 1.62. The summed E-state index contributed by atoms with van der Waals surface area (Å²) in [7, 11) is 1.74. The van der Waals surface area contributed by atoms with E-state index in [4.69, 9.17) is 5.11 Å². The fourth-order valence-corrected chi connectivity index (χ4v) is 1.94. The highest BCUT2D eigenvalue weighted by molar-refractivity contribution is 7.16. The number of nitrogens with zero attached hydrogens (tertiary/aromatic N) is 3. The van der Waals surface area contributed by atoms with Crippen molar-refractivity contribution in [3.05, 3.63) is 29.3 Å². The van der Waals surface area contributed by atoms with Crippen molar-refractivity contribution in [2.24, 2.45) is 7.05 Å². The quantitative estimate of drug-likeness (QED) is 0.771. The Kier molecular flexibility index (Phi) is 3.72. The summed E-state index contributed by atoms with van der Waals surface area (Å²) in [6, 6.07) is 0. The van der Waals surface area contributed by atoms with Crippen LogP contribution in [0, 0.1) is 11.8 Å². The van der Waals surface area contributed by atoms with Crippen LogP contribution in [0.1, 0.15) is 15.4 Å². The van der Waals surface area contributed by atoms with Gasteiger partial charge in [0.2, 0.25) is 0 Å². The molecule has 1 amide bonds. The smallest absolute Gasteiger partial charge is 0.275 e. The van der Waals surface area contributed by atoms with E-state index in [1.54, 1.807) is 24.1 Å². The summed E-state index contributed by atoms with van der Waals surface area (Å²) in [5.74, 6) is 4.97. The zero-order chi connectivity index (χ0) is 13.0. The maximum absolute atomic E-state index is 11.8. The van der Waals surface area contributed by atoms with Crippen LogP contribution in [0.2, 0.25) is 0 Å². The van der Waals surface area contributed by atoms with E-state index < -0.39 is 0 Å². The van der Waals surface area contributed by atoms with Crippen LogP contribution in [0.3, 0.4) is 0 Å². The number of amides is 1. The normalized spacial score (nSPS) is 9.67. The Morgan fingerprint density at radius 3 is 3.11 bits per heavy atom. The van der Waals surface area contributed by atoms with Crippen LogP contribution in [-0.2, 0) is 7.05 Å². The molecule has 2 aromatic heterocycles. The first kappa shape index (κ1) is 12.3. The predicted molar refractivity (Wildman–Crippen MR) is 67.2 cm³/mol. The highest BCUT2D eigenvalue weighted by Crippen LogP contribution is 2.17. The van der Waals surface area contributed by atoms with Gasteiger partial charge in [0.1, 0.15) is 12.3 Å². The zero-order valence-corrected chi connectivity index (χ0v) is 10.4. The van der Waals surface area contributed by atoms with E-state index in [1.807, 2.05) is 0 Å². The second kappa shape index (κ2) is 5.44. The highest BCUT2D eigenvalue weighted by Gasteiger charge is 2.11. The number of aromatic nitrogens is 3. The summed E-state index contributed by atoms with van der Waals surface area (Å²) in [5, 5.41) is 11.7. The summed E-state index contributed by atoms with van der Waals surface area (Å²) in [6.07, 6.45) is 4.58. The third-order valence-corrected chi connectivity index (χ3v) is 2.89. The van der Waals surface area contributed by atoms with Gasteiger partial charge in [0.05, 0.1) is 23.6 Å². The second-order valence-corrected chi connectivity index (χ2v) is 4.36. The number of imidazole rings is 1. The lowest BCUT2D eigenvalue weighted by atomic mass is 10.4. The average Bonchev–Trinajstić information content (AvgIpc) is 2.95. The van der Waals surface area contributed by atoms with Crippen molar-refractivity contribution in [3.8, 4) is 11.8 Å². The minimum Gasteiger partial charge on any atom is -0.384 e. The molecule has 0 saturated carbocycles. The van der Waals surface area contributed by atoms with Crippen LogP contribution in [-0.4, -0.2) is 32.2 Å². The first-order chi connectivity index (χ1) is 8.70. The number of carbonyl (C=O) groups excluding carboxylic acids is 1. The van der Waals surface area contributed by atoms with Gasteiger partial charge in [-0.3, -0.25) is 10.1 Å². The van der Waals surface area contributed by atoms with Gasteiger partial charge < -0.3 is 9.67 Å². The molecule has 18 heavy (non-hydrogen) atoms. The summed E-state index contributed by atoms with van der Waals surface area (Å²) >= 11 is 1.25. The lowest BCUT2D eigenvalue weighted by Crippen LogP contribution is -2.14. The van der Waals surface area contributed by atoms with Crippen molar-refractivity contribution in [3.63, 3.8) is 0 Å². The van der Waals surface area contributed by atoms with Crippen molar-refractivity contribution in [1.29, 1.82) is 0 Å². The molecule has 0 aliphatic heterocycles. The number of carbonyl (C=O) groups is 1. The highest BCUT2D eigenvalue weighted by atomic mass is 32.1. The molecule has 0 aromatic carbocycles. The van der Waals surface area contributed by atoms with E-state index in [0.717, 1.165) is 0 Å². The molecule has 2 N–H and O–H groups in total. The zero-order valence-electron chi connectivity index (χ0n) is 9.54. The average molecular weight is 262 g/mol. The number of rotatable bonds is 2. The third kappa shape index (κ3) is 2.74. The molecule has 0 fully saturated rings. The maximum atomic E-state index is 11.8. The van der Waals surface area contributed by atoms with Crippen LogP contribution in [0.25, 0.3) is 0 Å². The topological polar surface area (TPSA) is 80.0 Å². The Morgan fingerprint density at radius 1 is 1.61 bits per heavy atom. The molecule has 2 aromatic rings. The SMILES string of the molecule is Cn1cncc1C(=O)Nc1ncc(C#CCO)s1. The number of nitrogens with one attached hydrogen (secondary N) is 1. The first-order valence-corrected chi connectivity index (χ1v) is 5.85. The molecule has 2 heterocycles. The second-order valence-electron chi connectivity index (χ2n) is 3.33. The number of aliphatic hydroxyl groups excluding tert-OH is 1. The van der Waals surface area contributed by atoms with Gasteiger partial charge in [-0.15, -0.1) is 0 Å². The van der Waals surface area contributed by atoms with Gasteiger partial charge in [0.25, 0.3) is 5.91 Å². The van der Waals surface area contributed by atoms with Gasteiger partial charge >= 0.3 is 0 Å². The van der Waals surface area contributed by atoms with Gasteiger partial charge in [-0.1, -0.05) is 23.2 Å². The number of hydrogen-bond acceptors (Lipinski definition) is 5. The molecule has 0 atom stereocenters. The number of hydrogen-bond donors (Lipinski definition) is 2. The van der Waals surface area contributed by atoms with Crippen molar-refractivity contribution in [2.75, 3.05) is 11.9 Å². The van der Waals surface area contributed by atoms with Gasteiger partial charge in [-0.25, -0.2) is 9.97 Å². The van der Waals surface area contributed by atoms with E-state index >= 15 is 0 Å². The Balaban J connectivity index is 2.08. The molecule has 0 radical (unpaired) electrons.